The zero-order valence-corrected chi connectivity index (χ0v) is 14.2. The summed E-state index contributed by atoms with van der Waals surface area (Å²) >= 11 is 0. The molecule has 0 saturated carbocycles. The first-order valence-electron chi connectivity index (χ1n) is 6.88. The lowest BCUT2D eigenvalue weighted by atomic mass is 10.1. The molecule has 0 bridgehead atoms. The maximum absolute atomic E-state index is 12.4. The lowest BCUT2D eigenvalue weighted by Crippen LogP contribution is -2.44. The highest BCUT2D eigenvalue weighted by atomic mass is 35.5. The third-order valence-corrected chi connectivity index (χ3v) is 3.95. The molecule has 0 unspecified atom stereocenters. The standard InChI is InChI=1S/C14H18N4O2.2ClH/c1-9-7-11-12(16-8-9)18(10-3-5-15-6-4-10)14(20)13(19)17(11)2;;/h7-8,10,15H,3-6H2,1-2H3;2*1H. The summed E-state index contributed by atoms with van der Waals surface area (Å²) in [6, 6.07) is 1.95. The quantitative estimate of drug-likeness (QED) is 0.787. The van der Waals surface area contributed by atoms with Gasteiger partial charge in [-0.1, -0.05) is 0 Å². The van der Waals surface area contributed by atoms with Crippen molar-refractivity contribution in [2.24, 2.45) is 7.05 Å². The van der Waals surface area contributed by atoms with Crippen molar-refractivity contribution in [3.63, 3.8) is 0 Å². The largest absolute Gasteiger partial charge is 0.318 e. The number of nitrogens with zero attached hydrogens (tertiary/aromatic N) is 3. The number of rotatable bonds is 1. The molecule has 0 aromatic carbocycles. The van der Waals surface area contributed by atoms with Gasteiger partial charge in [0.25, 0.3) is 0 Å². The van der Waals surface area contributed by atoms with E-state index in [2.05, 4.69) is 10.3 Å². The first-order valence-corrected chi connectivity index (χ1v) is 6.88. The molecule has 0 aliphatic carbocycles. The number of hydrogen-bond acceptors (Lipinski definition) is 4. The Hall–Kier alpha value is -1.37. The van der Waals surface area contributed by atoms with Crippen LogP contribution in [0, 0.1) is 6.92 Å². The van der Waals surface area contributed by atoms with E-state index in [9.17, 15) is 9.59 Å². The van der Waals surface area contributed by atoms with Gasteiger partial charge in [0.15, 0.2) is 5.65 Å². The number of aromatic nitrogens is 3. The van der Waals surface area contributed by atoms with Crippen molar-refractivity contribution in [1.29, 1.82) is 0 Å². The molecule has 0 spiro atoms. The van der Waals surface area contributed by atoms with E-state index >= 15 is 0 Å². The van der Waals surface area contributed by atoms with Crippen molar-refractivity contribution >= 4 is 36.0 Å². The summed E-state index contributed by atoms with van der Waals surface area (Å²) in [5.41, 5.74) is 1.34. The minimum absolute atomic E-state index is 0. The fraction of sp³-hybridized carbons (Fsp3) is 0.500. The van der Waals surface area contributed by atoms with E-state index in [1.165, 1.54) is 4.57 Å². The Morgan fingerprint density at radius 2 is 1.82 bits per heavy atom. The minimum Gasteiger partial charge on any atom is -0.317 e. The number of hydrogen-bond donors (Lipinski definition) is 1. The third-order valence-electron chi connectivity index (χ3n) is 3.95. The Morgan fingerprint density at radius 1 is 1.18 bits per heavy atom. The molecule has 1 aliphatic heterocycles. The van der Waals surface area contributed by atoms with E-state index < -0.39 is 11.1 Å². The Labute approximate surface area is 140 Å². The molecule has 0 radical (unpaired) electrons. The van der Waals surface area contributed by atoms with Gasteiger partial charge in [-0.2, -0.15) is 0 Å². The number of aryl methyl sites for hydroxylation is 2. The van der Waals surface area contributed by atoms with Gasteiger partial charge in [0.1, 0.15) is 0 Å². The van der Waals surface area contributed by atoms with Gasteiger partial charge in [-0.3, -0.25) is 14.2 Å². The van der Waals surface area contributed by atoms with E-state index in [1.54, 1.807) is 17.8 Å². The van der Waals surface area contributed by atoms with Crippen LogP contribution in [0.25, 0.3) is 11.2 Å². The normalized spacial score (nSPS) is 15.2. The number of piperidine rings is 1. The molecule has 8 heteroatoms. The van der Waals surface area contributed by atoms with Crippen molar-refractivity contribution in [1.82, 2.24) is 19.4 Å². The maximum Gasteiger partial charge on any atom is 0.318 e. The number of fused-ring (bicyclic) bond motifs is 1. The second-order valence-electron chi connectivity index (χ2n) is 5.38. The van der Waals surface area contributed by atoms with E-state index in [4.69, 9.17) is 0 Å². The lowest BCUT2D eigenvalue weighted by Gasteiger charge is -2.25. The average molecular weight is 347 g/mol. The third kappa shape index (κ3) is 3.04. The number of pyridine rings is 1. The predicted molar refractivity (Wildman–Crippen MR) is 91.6 cm³/mol. The van der Waals surface area contributed by atoms with Gasteiger partial charge < -0.3 is 9.88 Å². The monoisotopic (exact) mass is 346 g/mol. The van der Waals surface area contributed by atoms with E-state index in [-0.39, 0.29) is 30.9 Å². The molecule has 122 valence electrons. The van der Waals surface area contributed by atoms with Crippen LogP contribution in [-0.2, 0) is 7.05 Å². The van der Waals surface area contributed by atoms with Crippen molar-refractivity contribution in [3.05, 3.63) is 38.5 Å². The molecule has 1 aliphatic rings. The van der Waals surface area contributed by atoms with Crippen molar-refractivity contribution < 1.29 is 0 Å². The number of halogens is 2. The molecule has 22 heavy (non-hydrogen) atoms. The van der Waals surface area contributed by atoms with Crippen LogP contribution in [-0.4, -0.2) is 27.2 Å². The molecule has 0 atom stereocenters. The highest BCUT2D eigenvalue weighted by molar-refractivity contribution is 5.85. The zero-order chi connectivity index (χ0) is 14.3. The summed E-state index contributed by atoms with van der Waals surface area (Å²) in [7, 11) is 1.62. The summed E-state index contributed by atoms with van der Waals surface area (Å²) in [5.74, 6) is 0. The molecule has 1 fully saturated rings. The second-order valence-corrected chi connectivity index (χ2v) is 5.38. The van der Waals surface area contributed by atoms with Gasteiger partial charge in [-0.05, 0) is 44.5 Å². The number of nitrogens with one attached hydrogen (secondary N) is 1. The van der Waals surface area contributed by atoms with Crippen LogP contribution in [0.4, 0.5) is 0 Å². The second kappa shape index (κ2) is 7.26. The van der Waals surface area contributed by atoms with Gasteiger partial charge in [0.2, 0.25) is 0 Å². The Balaban J connectivity index is 0.00000121. The maximum atomic E-state index is 12.4. The van der Waals surface area contributed by atoms with Crippen molar-refractivity contribution in [2.75, 3.05) is 13.1 Å². The van der Waals surface area contributed by atoms with E-state index in [0.29, 0.717) is 11.2 Å². The Morgan fingerprint density at radius 3 is 2.45 bits per heavy atom. The molecular formula is C14H20Cl2N4O2. The smallest absolute Gasteiger partial charge is 0.317 e. The summed E-state index contributed by atoms with van der Waals surface area (Å²) in [6.07, 6.45) is 3.43. The van der Waals surface area contributed by atoms with Gasteiger partial charge in [-0.15, -0.1) is 24.8 Å². The summed E-state index contributed by atoms with van der Waals surface area (Å²) in [6.45, 7) is 3.65. The van der Waals surface area contributed by atoms with Crippen LogP contribution >= 0.6 is 24.8 Å². The first-order chi connectivity index (χ1) is 9.59. The zero-order valence-electron chi connectivity index (χ0n) is 12.5. The van der Waals surface area contributed by atoms with Gasteiger partial charge in [0.05, 0.1) is 5.52 Å². The molecule has 2 aromatic rings. The first kappa shape index (κ1) is 18.7. The highest BCUT2D eigenvalue weighted by Crippen LogP contribution is 2.20. The fourth-order valence-electron chi connectivity index (χ4n) is 2.83. The van der Waals surface area contributed by atoms with E-state index in [1.807, 2.05) is 13.0 Å². The Bertz CT molecular complexity index is 779. The van der Waals surface area contributed by atoms with Crippen LogP contribution in [0.3, 0.4) is 0 Å². The summed E-state index contributed by atoms with van der Waals surface area (Å²) in [4.78, 5) is 28.9. The molecule has 0 amide bonds. The van der Waals surface area contributed by atoms with Crippen molar-refractivity contribution in [2.45, 2.75) is 25.8 Å². The van der Waals surface area contributed by atoms with Crippen LogP contribution < -0.4 is 16.4 Å². The summed E-state index contributed by atoms with van der Waals surface area (Å²) in [5, 5.41) is 3.27. The Kier molecular flexibility index (Phi) is 6.17. The van der Waals surface area contributed by atoms with Crippen LogP contribution in [0.1, 0.15) is 24.4 Å². The van der Waals surface area contributed by atoms with E-state index in [0.717, 1.165) is 31.5 Å². The highest BCUT2D eigenvalue weighted by Gasteiger charge is 2.21. The van der Waals surface area contributed by atoms with Crippen molar-refractivity contribution in [3.8, 4) is 0 Å². The SMILES string of the molecule is Cc1cnc2c(c1)n(C)c(=O)c(=O)n2C1CCNCC1.Cl.Cl. The average Bonchev–Trinajstić information content (AvgIpc) is 2.47. The van der Waals surface area contributed by atoms with Crippen LogP contribution in [0.5, 0.6) is 0 Å². The van der Waals surface area contributed by atoms with Crippen LogP contribution in [0.15, 0.2) is 21.9 Å². The van der Waals surface area contributed by atoms with Gasteiger partial charge >= 0.3 is 11.1 Å². The molecular weight excluding hydrogens is 327 g/mol. The minimum atomic E-state index is -0.483. The van der Waals surface area contributed by atoms with Gasteiger partial charge in [-0.25, -0.2) is 4.98 Å². The molecule has 1 saturated heterocycles. The summed E-state index contributed by atoms with van der Waals surface area (Å²) < 4.78 is 2.99. The lowest BCUT2D eigenvalue weighted by molar-refractivity contribution is 0.365. The molecule has 3 heterocycles. The van der Waals surface area contributed by atoms with Gasteiger partial charge in [0, 0.05) is 19.3 Å². The molecule has 3 rings (SSSR count). The molecule has 6 nitrogen and oxygen atoms in total. The van der Waals surface area contributed by atoms with Crippen LogP contribution in [0.2, 0.25) is 0 Å². The predicted octanol–water partition coefficient (Wildman–Crippen LogP) is 1.17. The topological polar surface area (TPSA) is 68.9 Å². The molecule has 2 aromatic heterocycles. The molecule has 1 N–H and O–H groups in total. The fourth-order valence-corrected chi connectivity index (χ4v) is 2.83.